The van der Waals surface area contributed by atoms with Crippen LogP contribution in [-0.4, -0.2) is 39.7 Å². The Morgan fingerprint density at radius 2 is 2.11 bits per heavy atom. The molecule has 0 bridgehead atoms. The largest absolute Gasteiger partial charge is 0.341 e. The van der Waals surface area contributed by atoms with E-state index in [1.807, 2.05) is 25.8 Å². The molecule has 1 fully saturated rings. The van der Waals surface area contributed by atoms with Gasteiger partial charge in [0.1, 0.15) is 0 Å². The van der Waals surface area contributed by atoms with Gasteiger partial charge < -0.3 is 10.2 Å². The van der Waals surface area contributed by atoms with E-state index < -0.39 is 0 Å². The van der Waals surface area contributed by atoms with Gasteiger partial charge in [-0.1, -0.05) is 11.6 Å². The van der Waals surface area contributed by atoms with Gasteiger partial charge in [-0.05, 0) is 26.7 Å². The third kappa shape index (κ3) is 3.09. The van der Waals surface area contributed by atoms with E-state index in [0.717, 1.165) is 37.3 Å². The number of aromatic nitrogens is 2. The Hall–Kier alpha value is -1.07. The van der Waals surface area contributed by atoms with Gasteiger partial charge in [0.15, 0.2) is 0 Å². The van der Waals surface area contributed by atoms with Crippen molar-refractivity contribution in [3.63, 3.8) is 0 Å². The first-order valence-electron chi connectivity index (χ1n) is 6.71. The lowest BCUT2D eigenvalue weighted by Crippen LogP contribution is -2.43. The fourth-order valence-electron chi connectivity index (χ4n) is 2.42. The molecule has 2 rings (SSSR count). The van der Waals surface area contributed by atoms with Crippen molar-refractivity contribution in [1.82, 2.24) is 20.0 Å². The molecule has 19 heavy (non-hydrogen) atoms. The first-order valence-corrected chi connectivity index (χ1v) is 7.08. The minimum absolute atomic E-state index is 0.174. The maximum atomic E-state index is 12.1. The molecule has 106 valence electrons. The maximum Gasteiger partial charge on any atom is 0.239 e. The second kappa shape index (κ2) is 5.92. The van der Waals surface area contributed by atoms with E-state index in [2.05, 4.69) is 10.4 Å². The fraction of sp³-hybridized carbons (Fsp3) is 0.692. The minimum atomic E-state index is -0.190. The number of halogens is 1. The van der Waals surface area contributed by atoms with Gasteiger partial charge in [0.25, 0.3) is 0 Å². The number of nitrogens with zero attached hydrogens (tertiary/aromatic N) is 3. The molecule has 1 aromatic rings. The zero-order valence-corrected chi connectivity index (χ0v) is 12.5. The van der Waals surface area contributed by atoms with Crippen LogP contribution < -0.4 is 5.32 Å². The number of rotatable bonds is 4. The summed E-state index contributed by atoms with van der Waals surface area (Å²) in [4.78, 5) is 14.1. The number of aryl methyl sites for hydroxylation is 2. The summed E-state index contributed by atoms with van der Waals surface area (Å²) >= 11 is 6.19. The van der Waals surface area contributed by atoms with Crippen LogP contribution >= 0.6 is 11.6 Å². The minimum Gasteiger partial charge on any atom is -0.341 e. The van der Waals surface area contributed by atoms with E-state index >= 15 is 0 Å². The van der Waals surface area contributed by atoms with E-state index in [1.165, 1.54) is 0 Å². The third-order valence-corrected chi connectivity index (χ3v) is 4.12. The van der Waals surface area contributed by atoms with Crippen LogP contribution in [0.4, 0.5) is 0 Å². The van der Waals surface area contributed by atoms with E-state index in [1.54, 1.807) is 4.68 Å². The van der Waals surface area contributed by atoms with Crippen molar-refractivity contribution in [1.29, 1.82) is 0 Å². The predicted molar refractivity (Wildman–Crippen MR) is 75.1 cm³/mol. The molecule has 1 saturated heterocycles. The molecule has 1 N–H and O–H groups in total. The van der Waals surface area contributed by atoms with Crippen LogP contribution in [0.15, 0.2) is 0 Å². The zero-order valence-electron chi connectivity index (χ0n) is 11.7. The van der Waals surface area contributed by atoms with Crippen molar-refractivity contribution in [3.05, 3.63) is 16.4 Å². The lowest BCUT2D eigenvalue weighted by molar-refractivity contribution is -0.132. The van der Waals surface area contributed by atoms with Crippen molar-refractivity contribution in [2.75, 3.05) is 13.1 Å². The zero-order chi connectivity index (χ0) is 14.0. The summed E-state index contributed by atoms with van der Waals surface area (Å²) in [6.07, 6.45) is 2.23. The summed E-state index contributed by atoms with van der Waals surface area (Å²) in [5.41, 5.74) is 1.74. The van der Waals surface area contributed by atoms with Crippen LogP contribution in [0, 0.1) is 6.92 Å². The Kier molecular flexibility index (Phi) is 4.47. The number of hydrogen-bond donors (Lipinski definition) is 1. The number of hydrogen-bond acceptors (Lipinski definition) is 3. The number of likely N-dealkylation sites (tertiary alicyclic amines) is 1. The van der Waals surface area contributed by atoms with Gasteiger partial charge in [-0.15, -0.1) is 0 Å². The molecule has 2 heterocycles. The Morgan fingerprint density at radius 3 is 2.63 bits per heavy atom. The van der Waals surface area contributed by atoms with Gasteiger partial charge in [-0.2, -0.15) is 5.10 Å². The summed E-state index contributed by atoms with van der Waals surface area (Å²) in [6.45, 7) is 6.10. The molecule has 0 aliphatic carbocycles. The summed E-state index contributed by atoms with van der Waals surface area (Å²) < 4.78 is 1.76. The van der Waals surface area contributed by atoms with Gasteiger partial charge in [0.2, 0.25) is 5.91 Å². The van der Waals surface area contributed by atoms with E-state index in [4.69, 9.17) is 11.6 Å². The van der Waals surface area contributed by atoms with Gasteiger partial charge in [0, 0.05) is 26.7 Å². The van der Waals surface area contributed by atoms with Crippen LogP contribution in [0.25, 0.3) is 0 Å². The molecule has 1 amide bonds. The standard InChI is InChI=1S/C13H21ClN4O/c1-9-12(14)11(17(3)16-9)8-15-10(2)13(19)18-6-4-5-7-18/h10,15H,4-8H2,1-3H3/t10-/m0/s1. The molecular weight excluding hydrogens is 264 g/mol. The molecular formula is C13H21ClN4O. The SMILES string of the molecule is Cc1nn(C)c(CN[C@@H](C)C(=O)N2CCCC2)c1Cl. The second-order valence-corrected chi connectivity index (χ2v) is 5.48. The molecule has 0 spiro atoms. The molecule has 1 aromatic heterocycles. The summed E-state index contributed by atoms with van der Waals surface area (Å²) in [6, 6.07) is -0.190. The van der Waals surface area contributed by atoms with E-state index in [-0.39, 0.29) is 11.9 Å². The maximum absolute atomic E-state index is 12.1. The lowest BCUT2D eigenvalue weighted by atomic mass is 10.2. The number of nitrogens with one attached hydrogen (secondary N) is 1. The quantitative estimate of drug-likeness (QED) is 0.911. The van der Waals surface area contributed by atoms with Crippen molar-refractivity contribution in [2.24, 2.45) is 7.05 Å². The topological polar surface area (TPSA) is 50.2 Å². The Balaban J connectivity index is 1.92. The average molecular weight is 285 g/mol. The number of carbonyl (C=O) groups is 1. The molecule has 1 aliphatic heterocycles. The molecule has 6 heteroatoms. The summed E-state index contributed by atoms with van der Waals surface area (Å²) in [5, 5.41) is 8.17. The number of carbonyl (C=O) groups excluding carboxylic acids is 1. The highest BCUT2D eigenvalue weighted by molar-refractivity contribution is 6.31. The molecule has 0 unspecified atom stereocenters. The predicted octanol–water partition coefficient (Wildman–Crippen LogP) is 1.48. The normalized spacial score (nSPS) is 16.9. The average Bonchev–Trinajstić information content (AvgIpc) is 2.97. The summed E-state index contributed by atoms with van der Waals surface area (Å²) in [5.74, 6) is 0.174. The third-order valence-electron chi connectivity index (χ3n) is 3.63. The van der Waals surface area contributed by atoms with Crippen molar-refractivity contribution >= 4 is 17.5 Å². The highest BCUT2D eigenvalue weighted by atomic mass is 35.5. The molecule has 1 aliphatic rings. The fourth-order valence-corrected chi connectivity index (χ4v) is 2.65. The smallest absolute Gasteiger partial charge is 0.239 e. The lowest BCUT2D eigenvalue weighted by Gasteiger charge is -2.21. The van der Waals surface area contributed by atoms with Crippen molar-refractivity contribution in [2.45, 2.75) is 39.3 Å². The van der Waals surface area contributed by atoms with Gasteiger partial charge in [0.05, 0.1) is 22.5 Å². The molecule has 0 radical (unpaired) electrons. The first kappa shape index (κ1) is 14.3. The Bertz CT molecular complexity index is 465. The highest BCUT2D eigenvalue weighted by Crippen LogP contribution is 2.19. The van der Waals surface area contributed by atoms with Gasteiger partial charge in [-0.3, -0.25) is 9.48 Å². The van der Waals surface area contributed by atoms with Crippen molar-refractivity contribution < 1.29 is 4.79 Å². The van der Waals surface area contributed by atoms with Gasteiger partial charge >= 0.3 is 0 Å². The van der Waals surface area contributed by atoms with Crippen LogP contribution in [0.5, 0.6) is 0 Å². The molecule has 0 saturated carbocycles. The molecule has 0 aromatic carbocycles. The van der Waals surface area contributed by atoms with E-state index in [0.29, 0.717) is 11.6 Å². The van der Waals surface area contributed by atoms with Crippen molar-refractivity contribution in [3.8, 4) is 0 Å². The Morgan fingerprint density at radius 1 is 1.47 bits per heavy atom. The van der Waals surface area contributed by atoms with Crippen LogP contribution in [-0.2, 0) is 18.4 Å². The first-order chi connectivity index (χ1) is 9.00. The Labute approximate surface area is 118 Å². The van der Waals surface area contributed by atoms with Crippen LogP contribution in [0.2, 0.25) is 5.02 Å². The summed E-state index contributed by atoms with van der Waals surface area (Å²) in [7, 11) is 1.86. The van der Waals surface area contributed by atoms with E-state index in [9.17, 15) is 4.79 Å². The highest BCUT2D eigenvalue weighted by Gasteiger charge is 2.23. The van der Waals surface area contributed by atoms with Gasteiger partial charge in [-0.25, -0.2) is 0 Å². The second-order valence-electron chi connectivity index (χ2n) is 5.10. The van der Waals surface area contributed by atoms with Crippen LogP contribution in [0.1, 0.15) is 31.2 Å². The van der Waals surface area contributed by atoms with Crippen LogP contribution in [0.3, 0.4) is 0 Å². The molecule has 5 nitrogen and oxygen atoms in total. The monoisotopic (exact) mass is 284 g/mol. The number of amides is 1. The molecule has 1 atom stereocenters.